The zero-order valence-corrected chi connectivity index (χ0v) is 15.0. The van der Waals surface area contributed by atoms with E-state index in [-0.39, 0.29) is 6.03 Å². The predicted octanol–water partition coefficient (Wildman–Crippen LogP) is 3.01. The molecule has 5 heteroatoms. The Labute approximate surface area is 149 Å². The summed E-state index contributed by atoms with van der Waals surface area (Å²) in [5.41, 5.74) is 3.97. The minimum atomic E-state index is -0.103. The summed E-state index contributed by atoms with van der Waals surface area (Å²) in [6.45, 7) is 1.10. The fourth-order valence-corrected chi connectivity index (χ4v) is 2.44. The Balaban J connectivity index is 1.77. The summed E-state index contributed by atoms with van der Waals surface area (Å²) in [5.74, 6) is 0. The van der Waals surface area contributed by atoms with E-state index in [1.165, 1.54) is 5.56 Å². The number of nitriles is 1. The van der Waals surface area contributed by atoms with Crippen LogP contribution in [-0.4, -0.2) is 38.6 Å². The molecule has 25 heavy (non-hydrogen) atoms. The standard InChI is InChI=1S/C20H24N4O/c1-23(2)19-10-8-16(9-11-19)12-13-22-20(25)24(3)15-18-6-4-17(14-21)5-7-18/h4-11H,12-13,15H2,1-3H3,(H,22,25). The van der Waals surface area contributed by atoms with Gasteiger partial charge in [-0.1, -0.05) is 24.3 Å². The predicted molar refractivity (Wildman–Crippen MR) is 100 cm³/mol. The van der Waals surface area contributed by atoms with Crippen molar-refractivity contribution < 1.29 is 4.79 Å². The Morgan fingerprint density at radius 2 is 1.60 bits per heavy atom. The van der Waals surface area contributed by atoms with E-state index in [9.17, 15) is 4.79 Å². The Kier molecular flexibility index (Phi) is 6.41. The number of benzene rings is 2. The molecule has 0 aliphatic heterocycles. The third-order valence-corrected chi connectivity index (χ3v) is 3.99. The van der Waals surface area contributed by atoms with Gasteiger partial charge in [0.25, 0.3) is 0 Å². The molecule has 0 saturated carbocycles. The molecule has 0 atom stereocenters. The number of anilines is 1. The summed E-state index contributed by atoms with van der Waals surface area (Å²) in [4.78, 5) is 15.9. The lowest BCUT2D eigenvalue weighted by Crippen LogP contribution is -2.37. The van der Waals surface area contributed by atoms with Crippen molar-refractivity contribution in [1.82, 2.24) is 10.2 Å². The van der Waals surface area contributed by atoms with Gasteiger partial charge in [-0.05, 0) is 41.8 Å². The van der Waals surface area contributed by atoms with Crippen LogP contribution in [0.1, 0.15) is 16.7 Å². The lowest BCUT2D eigenvalue weighted by atomic mass is 10.1. The van der Waals surface area contributed by atoms with Gasteiger partial charge in [0.1, 0.15) is 0 Å². The quantitative estimate of drug-likeness (QED) is 0.882. The first-order valence-corrected chi connectivity index (χ1v) is 8.24. The minimum absolute atomic E-state index is 0.103. The highest BCUT2D eigenvalue weighted by atomic mass is 16.2. The second-order valence-electron chi connectivity index (χ2n) is 6.21. The number of carbonyl (C=O) groups is 1. The van der Waals surface area contributed by atoms with Gasteiger partial charge in [0.2, 0.25) is 0 Å². The van der Waals surface area contributed by atoms with Gasteiger partial charge in [-0.15, -0.1) is 0 Å². The van der Waals surface area contributed by atoms with Crippen LogP contribution in [0.4, 0.5) is 10.5 Å². The van der Waals surface area contributed by atoms with E-state index < -0.39 is 0 Å². The monoisotopic (exact) mass is 336 g/mol. The molecule has 0 saturated heterocycles. The molecule has 0 bridgehead atoms. The van der Waals surface area contributed by atoms with E-state index >= 15 is 0 Å². The summed E-state index contributed by atoms with van der Waals surface area (Å²) in [5, 5.41) is 11.7. The number of hydrogen-bond donors (Lipinski definition) is 1. The molecule has 5 nitrogen and oxygen atoms in total. The second kappa shape index (κ2) is 8.74. The highest BCUT2D eigenvalue weighted by Crippen LogP contribution is 2.12. The molecular weight excluding hydrogens is 312 g/mol. The fraction of sp³-hybridized carbons (Fsp3) is 0.300. The van der Waals surface area contributed by atoms with E-state index in [0.29, 0.717) is 18.7 Å². The van der Waals surface area contributed by atoms with Crippen molar-refractivity contribution >= 4 is 11.7 Å². The summed E-state index contributed by atoms with van der Waals surface area (Å²) in [6, 6.07) is 17.6. The molecule has 0 radical (unpaired) electrons. The van der Waals surface area contributed by atoms with Gasteiger partial charge in [0, 0.05) is 39.9 Å². The summed E-state index contributed by atoms with van der Waals surface area (Å²) >= 11 is 0. The van der Waals surface area contributed by atoms with Gasteiger partial charge in [-0.2, -0.15) is 5.26 Å². The number of nitrogens with zero attached hydrogens (tertiary/aromatic N) is 3. The van der Waals surface area contributed by atoms with E-state index in [1.807, 2.05) is 26.2 Å². The molecule has 0 unspecified atom stereocenters. The summed E-state index contributed by atoms with van der Waals surface area (Å²) in [6.07, 6.45) is 0.796. The maximum atomic E-state index is 12.2. The Bertz CT molecular complexity index is 730. The minimum Gasteiger partial charge on any atom is -0.378 e. The summed E-state index contributed by atoms with van der Waals surface area (Å²) in [7, 11) is 5.79. The van der Waals surface area contributed by atoms with Crippen LogP contribution in [0.25, 0.3) is 0 Å². The number of urea groups is 1. The Hall–Kier alpha value is -3.00. The van der Waals surface area contributed by atoms with Crippen LogP contribution in [0.2, 0.25) is 0 Å². The zero-order valence-electron chi connectivity index (χ0n) is 15.0. The van der Waals surface area contributed by atoms with Gasteiger partial charge in [-0.25, -0.2) is 4.79 Å². The van der Waals surface area contributed by atoms with E-state index in [4.69, 9.17) is 5.26 Å². The Morgan fingerprint density at radius 3 is 2.16 bits per heavy atom. The number of rotatable bonds is 6. The molecule has 0 fully saturated rings. The maximum Gasteiger partial charge on any atom is 0.317 e. The molecule has 0 aliphatic carbocycles. The van der Waals surface area contributed by atoms with Crippen molar-refractivity contribution in [3.8, 4) is 6.07 Å². The largest absolute Gasteiger partial charge is 0.378 e. The van der Waals surface area contributed by atoms with Gasteiger partial charge in [0.15, 0.2) is 0 Å². The molecule has 2 rings (SSSR count). The molecule has 0 heterocycles. The van der Waals surface area contributed by atoms with Crippen LogP contribution in [0.3, 0.4) is 0 Å². The van der Waals surface area contributed by atoms with Crippen molar-refractivity contribution in [2.75, 3.05) is 32.6 Å². The Morgan fingerprint density at radius 1 is 1.00 bits per heavy atom. The first-order valence-electron chi connectivity index (χ1n) is 8.24. The summed E-state index contributed by atoms with van der Waals surface area (Å²) < 4.78 is 0. The third kappa shape index (κ3) is 5.54. The smallest absolute Gasteiger partial charge is 0.317 e. The lowest BCUT2D eigenvalue weighted by molar-refractivity contribution is 0.207. The van der Waals surface area contributed by atoms with Crippen LogP contribution in [0.15, 0.2) is 48.5 Å². The highest BCUT2D eigenvalue weighted by Gasteiger charge is 2.08. The number of hydrogen-bond acceptors (Lipinski definition) is 3. The first-order chi connectivity index (χ1) is 12.0. The van der Waals surface area contributed by atoms with Crippen LogP contribution in [-0.2, 0) is 13.0 Å². The maximum absolute atomic E-state index is 12.2. The molecule has 0 aromatic heterocycles. The first kappa shape index (κ1) is 18.3. The lowest BCUT2D eigenvalue weighted by Gasteiger charge is -2.18. The molecule has 0 aliphatic rings. The highest BCUT2D eigenvalue weighted by molar-refractivity contribution is 5.73. The van der Waals surface area contributed by atoms with E-state index in [0.717, 1.165) is 17.7 Å². The number of nitrogens with one attached hydrogen (secondary N) is 1. The number of amides is 2. The van der Waals surface area contributed by atoms with Crippen LogP contribution in [0, 0.1) is 11.3 Å². The van der Waals surface area contributed by atoms with E-state index in [2.05, 4.69) is 40.6 Å². The SMILES string of the molecule is CN(Cc1ccc(C#N)cc1)C(=O)NCCc1ccc(N(C)C)cc1. The second-order valence-corrected chi connectivity index (χ2v) is 6.21. The van der Waals surface area contributed by atoms with Crippen LogP contribution in [0.5, 0.6) is 0 Å². The van der Waals surface area contributed by atoms with Gasteiger partial charge >= 0.3 is 6.03 Å². The molecule has 0 spiro atoms. The molecule has 2 aromatic rings. The van der Waals surface area contributed by atoms with Gasteiger partial charge < -0.3 is 15.1 Å². The van der Waals surface area contributed by atoms with Crippen molar-refractivity contribution in [3.63, 3.8) is 0 Å². The molecule has 130 valence electrons. The third-order valence-electron chi connectivity index (χ3n) is 3.99. The average molecular weight is 336 g/mol. The van der Waals surface area contributed by atoms with Crippen molar-refractivity contribution in [2.45, 2.75) is 13.0 Å². The van der Waals surface area contributed by atoms with Crippen LogP contribution >= 0.6 is 0 Å². The van der Waals surface area contributed by atoms with Gasteiger partial charge in [0.05, 0.1) is 11.6 Å². The molecule has 2 aromatic carbocycles. The average Bonchev–Trinajstić information content (AvgIpc) is 2.62. The zero-order chi connectivity index (χ0) is 18.2. The van der Waals surface area contributed by atoms with E-state index in [1.54, 1.807) is 24.1 Å². The normalized spacial score (nSPS) is 10.0. The molecular formula is C20H24N4O. The number of carbonyl (C=O) groups excluding carboxylic acids is 1. The van der Waals surface area contributed by atoms with Crippen molar-refractivity contribution in [1.29, 1.82) is 5.26 Å². The molecule has 1 N–H and O–H groups in total. The topological polar surface area (TPSA) is 59.4 Å². The molecule has 2 amide bonds. The van der Waals surface area contributed by atoms with Crippen molar-refractivity contribution in [3.05, 3.63) is 65.2 Å². The van der Waals surface area contributed by atoms with Crippen molar-refractivity contribution in [2.24, 2.45) is 0 Å². The fourth-order valence-electron chi connectivity index (χ4n) is 2.44. The van der Waals surface area contributed by atoms with Gasteiger partial charge in [-0.3, -0.25) is 0 Å². The van der Waals surface area contributed by atoms with Crippen LogP contribution < -0.4 is 10.2 Å².